The molecule has 1 heterocycles. The molecule has 0 atom stereocenters. The van der Waals surface area contributed by atoms with E-state index in [1.807, 2.05) is 24.3 Å². The number of amides is 1. The summed E-state index contributed by atoms with van der Waals surface area (Å²) in [5.74, 6) is 1.67. The second-order valence-corrected chi connectivity index (χ2v) is 9.43. The molecule has 156 valence electrons. The van der Waals surface area contributed by atoms with Crippen molar-refractivity contribution in [3.05, 3.63) is 65.5 Å². The Labute approximate surface area is 178 Å². The lowest BCUT2D eigenvalue weighted by Gasteiger charge is -2.19. The van der Waals surface area contributed by atoms with Crippen molar-refractivity contribution in [2.45, 2.75) is 58.3 Å². The van der Waals surface area contributed by atoms with Gasteiger partial charge in [0.15, 0.2) is 0 Å². The summed E-state index contributed by atoms with van der Waals surface area (Å²) in [5, 5.41) is 2.01. The van der Waals surface area contributed by atoms with E-state index >= 15 is 0 Å². The molecule has 0 spiro atoms. The molecule has 4 heteroatoms. The topological polar surface area (TPSA) is 65.2 Å². The number of benzene rings is 2. The molecule has 0 unspecified atom stereocenters. The molecule has 1 aliphatic carbocycles. The van der Waals surface area contributed by atoms with Crippen LogP contribution in [-0.2, 0) is 11.8 Å². The van der Waals surface area contributed by atoms with E-state index in [0.29, 0.717) is 11.6 Å². The van der Waals surface area contributed by atoms with E-state index in [1.165, 1.54) is 31.2 Å². The zero-order valence-corrected chi connectivity index (χ0v) is 18.1. The van der Waals surface area contributed by atoms with Crippen LogP contribution in [0.1, 0.15) is 68.2 Å². The van der Waals surface area contributed by atoms with Gasteiger partial charge in [-0.2, -0.15) is 0 Å². The van der Waals surface area contributed by atoms with Gasteiger partial charge >= 0.3 is 0 Å². The van der Waals surface area contributed by atoms with Crippen molar-refractivity contribution in [3.63, 3.8) is 0 Å². The number of primary amides is 1. The fourth-order valence-corrected chi connectivity index (χ4v) is 4.30. The molecular weight excluding hydrogens is 372 g/mol. The van der Waals surface area contributed by atoms with Crippen molar-refractivity contribution in [2.24, 2.45) is 11.7 Å². The van der Waals surface area contributed by atoms with Gasteiger partial charge in [0.05, 0.1) is 0 Å². The zero-order chi connectivity index (χ0) is 21.3. The third-order valence-corrected chi connectivity index (χ3v) is 6.05. The lowest BCUT2D eigenvalue weighted by Crippen LogP contribution is -2.15. The predicted molar refractivity (Wildman–Crippen MR) is 121 cm³/mol. The van der Waals surface area contributed by atoms with Gasteiger partial charge in [-0.3, -0.25) is 4.79 Å². The lowest BCUT2D eigenvalue weighted by atomic mass is 9.87. The molecule has 30 heavy (non-hydrogen) atoms. The summed E-state index contributed by atoms with van der Waals surface area (Å²) in [6, 6.07) is 16.0. The molecule has 0 radical (unpaired) electrons. The van der Waals surface area contributed by atoms with Crippen LogP contribution >= 0.6 is 0 Å². The van der Waals surface area contributed by atoms with Crippen molar-refractivity contribution in [2.75, 3.05) is 0 Å². The van der Waals surface area contributed by atoms with Crippen LogP contribution in [0.15, 0.2) is 48.5 Å². The van der Waals surface area contributed by atoms with E-state index in [9.17, 15) is 4.79 Å². The highest BCUT2D eigenvalue weighted by Crippen LogP contribution is 2.33. The van der Waals surface area contributed by atoms with Crippen LogP contribution < -0.4 is 10.5 Å². The SMILES string of the molecule is CC(C)(C)c1ccc(Oc2ccc3c(CC4CCCC4)nc(C(N)=O)cc3c2)cc1. The number of aromatic nitrogens is 1. The Hall–Kier alpha value is -2.88. The molecule has 1 amide bonds. The molecular formula is C26H30N2O2. The smallest absolute Gasteiger partial charge is 0.267 e. The van der Waals surface area contributed by atoms with E-state index < -0.39 is 5.91 Å². The summed E-state index contributed by atoms with van der Waals surface area (Å²) in [7, 11) is 0. The fraction of sp³-hybridized carbons (Fsp3) is 0.385. The van der Waals surface area contributed by atoms with Crippen molar-refractivity contribution in [1.29, 1.82) is 0 Å². The molecule has 1 fully saturated rings. The maximum absolute atomic E-state index is 11.9. The van der Waals surface area contributed by atoms with Gasteiger partial charge < -0.3 is 10.5 Å². The van der Waals surface area contributed by atoms with Crippen molar-refractivity contribution in [1.82, 2.24) is 4.98 Å². The summed E-state index contributed by atoms with van der Waals surface area (Å²) in [4.78, 5) is 16.4. The highest BCUT2D eigenvalue weighted by atomic mass is 16.5. The van der Waals surface area contributed by atoms with Crippen molar-refractivity contribution < 1.29 is 9.53 Å². The molecule has 1 saturated carbocycles. The summed E-state index contributed by atoms with van der Waals surface area (Å²) >= 11 is 0. The molecule has 0 aliphatic heterocycles. The molecule has 2 aromatic carbocycles. The largest absolute Gasteiger partial charge is 0.457 e. The number of carbonyl (C=O) groups is 1. The maximum Gasteiger partial charge on any atom is 0.267 e. The number of hydrogen-bond acceptors (Lipinski definition) is 3. The predicted octanol–water partition coefficient (Wildman–Crippen LogP) is 6.16. The van der Waals surface area contributed by atoms with Gasteiger partial charge in [0.2, 0.25) is 0 Å². The van der Waals surface area contributed by atoms with Gasteiger partial charge in [0.1, 0.15) is 17.2 Å². The van der Waals surface area contributed by atoms with Crippen LogP contribution in [-0.4, -0.2) is 10.9 Å². The maximum atomic E-state index is 11.9. The minimum atomic E-state index is -0.492. The second kappa shape index (κ2) is 8.10. The number of pyridine rings is 1. The Morgan fingerprint density at radius 1 is 1.03 bits per heavy atom. The lowest BCUT2D eigenvalue weighted by molar-refractivity contribution is 0.0995. The normalized spacial score (nSPS) is 14.9. The minimum Gasteiger partial charge on any atom is -0.457 e. The zero-order valence-electron chi connectivity index (χ0n) is 18.1. The number of nitrogens with zero attached hydrogens (tertiary/aromatic N) is 1. The van der Waals surface area contributed by atoms with Gasteiger partial charge in [0, 0.05) is 11.1 Å². The summed E-state index contributed by atoms with van der Waals surface area (Å²) in [6.45, 7) is 6.58. The standard InChI is InChI=1S/C26H30N2O2/c1-26(2,3)19-8-10-20(11-9-19)30-21-12-13-22-18(15-21)16-24(25(27)29)28-23(22)14-17-6-4-5-7-17/h8-13,15-17H,4-7,14H2,1-3H3,(H2,27,29). The average Bonchev–Trinajstić information content (AvgIpc) is 3.20. The molecule has 4 rings (SSSR count). The second-order valence-electron chi connectivity index (χ2n) is 9.43. The van der Waals surface area contributed by atoms with Gasteiger partial charge in [-0.25, -0.2) is 4.98 Å². The van der Waals surface area contributed by atoms with Crippen LogP contribution in [0, 0.1) is 5.92 Å². The van der Waals surface area contributed by atoms with E-state index in [0.717, 1.165) is 34.4 Å². The Morgan fingerprint density at radius 3 is 2.33 bits per heavy atom. The minimum absolute atomic E-state index is 0.107. The first kappa shape index (κ1) is 20.4. The Bertz CT molecular complexity index is 1060. The van der Waals surface area contributed by atoms with E-state index in [4.69, 9.17) is 10.5 Å². The Morgan fingerprint density at radius 2 is 1.70 bits per heavy atom. The Kier molecular flexibility index (Phi) is 5.50. The van der Waals surface area contributed by atoms with Crippen molar-refractivity contribution in [3.8, 4) is 11.5 Å². The molecule has 2 N–H and O–H groups in total. The van der Waals surface area contributed by atoms with Gasteiger partial charge in [-0.1, -0.05) is 58.6 Å². The van der Waals surface area contributed by atoms with E-state index in [1.54, 1.807) is 6.07 Å². The third kappa shape index (κ3) is 4.48. The molecule has 0 bridgehead atoms. The molecule has 3 aromatic rings. The summed E-state index contributed by atoms with van der Waals surface area (Å²) in [6.07, 6.45) is 5.92. The Balaban J connectivity index is 1.64. The van der Waals surface area contributed by atoms with Crippen molar-refractivity contribution >= 4 is 16.7 Å². The average molecular weight is 403 g/mol. The number of fused-ring (bicyclic) bond motifs is 1. The van der Waals surface area contributed by atoms with Crippen LogP contribution in [0.3, 0.4) is 0 Å². The van der Waals surface area contributed by atoms with Crippen LogP contribution in [0.4, 0.5) is 0 Å². The first-order chi connectivity index (χ1) is 14.3. The fourth-order valence-electron chi connectivity index (χ4n) is 4.30. The highest BCUT2D eigenvalue weighted by Gasteiger charge is 2.19. The van der Waals surface area contributed by atoms with E-state index in [2.05, 4.69) is 44.0 Å². The number of rotatable bonds is 5. The van der Waals surface area contributed by atoms with Crippen LogP contribution in [0.2, 0.25) is 0 Å². The number of ether oxygens (including phenoxy) is 1. The summed E-state index contributed by atoms with van der Waals surface area (Å²) < 4.78 is 6.09. The molecule has 1 aromatic heterocycles. The van der Waals surface area contributed by atoms with Gasteiger partial charge in [-0.15, -0.1) is 0 Å². The molecule has 1 aliphatic rings. The molecule has 0 saturated heterocycles. The summed E-state index contributed by atoms with van der Waals surface area (Å²) in [5.41, 5.74) is 8.22. The monoisotopic (exact) mass is 402 g/mol. The van der Waals surface area contributed by atoms with Crippen LogP contribution in [0.25, 0.3) is 10.8 Å². The quantitative estimate of drug-likeness (QED) is 0.556. The number of hydrogen-bond donors (Lipinski definition) is 1. The van der Waals surface area contributed by atoms with Crippen LogP contribution in [0.5, 0.6) is 11.5 Å². The third-order valence-electron chi connectivity index (χ3n) is 6.05. The van der Waals surface area contributed by atoms with Gasteiger partial charge in [0.25, 0.3) is 5.91 Å². The van der Waals surface area contributed by atoms with E-state index in [-0.39, 0.29) is 5.41 Å². The number of nitrogens with two attached hydrogens (primary N) is 1. The van der Waals surface area contributed by atoms with Gasteiger partial charge in [-0.05, 0) is 65.1 Å². The molecule has 4 nitrogen and oxygen atoms in total. The highest BCUT2D eigenvalue weighted by molar-refractivity contribution is 5.96. The number of carbonyl (C=O) groups excluding carboxylic acids is 1. The first-order valence-corrected chi connectivity index (χ1v) is 10.8. The first-order valence-electron chi connectivity index (χ1n) is 10.8.